The van der Waals surface area contributed by atoms with Crippen molar-refractivity contribution in [2.24, 2.45) is 0 Å². The van der Waals surface area contributed by atoms with E-state index in [2.05, 4.69) is 29.4 Å². The van der Waals surface area contributed by atoms with Crippen LogP contribution in [0.4, 0.5) is 11.4 Å². The number of amides is 2. The van der Waals surface area contributed by atoms with E-state index in [1.807, 2.05) is 25.1 Å². The van der Waals surface area contributed by atoms with Crippen molar-refractivity contribution in [3.8, 4) is 0 Å². The van der Waals surface area contributed by atoms with Crippen molar-refractivity contribution in [3.63, 3.8) is 0 Å². The summed E-state index contributed by atoms with van der Waals surface area (Å²) in [6.07, 6.45) is 1.95. The molecule has 2 N–H and O–H groups in total. The van der Waals surface area contributed by atoms with Gasteiger partial charge in [0, 0.05) is 37.6 Å². The van der Waals surface area contributed by atoms with Gasteiger partial charge >= 0.3 is 11.8 Å². The Balaban J connectivity index is 1.91. The van der Waals surface area contributed by atoms with Gasteiger partial charge in [0.1, 0.15) is 0 Å². The highest BCUT2D eigenvalue weighted by atomic mass is 16.5. The Morgan fingerprint density at radius 2 is 2.00 bits per heavy atom. The molecule has 0 spiro atoms. The number of hydrogen-bond acceptors (Lipinski definition) is 4. The first kappa shape index (κ1) is 18.3. The number of nitrogens with one attached hydrogen (secondary N) is 2. The predicted molar refractivity (Wildman–Crippen MR) is 95.4 cm³/mol. The monoisotopic (exact) mass is 333 g/mol. The number of hydrogen-bond donors (Lipinski definition) is 2. The first-order valence-electron chi connectivity index (χ1n) is 8.61. The second-order valence-corrected chi connectivity index (χ2v) is 5.97. The molecule has 132 valence electrons. The van der Waals surface area contributed by atoms with Crippen LogP contribution in [0.25, 0.3) is 0 Å². The Labute approximate surface area is 143 Å². The van der Waals surface area contributed by atoms with Crippen molar-refractivity contribution < 1.29 is 14.3 Å². The summed E-state index contributed by atoms with van der Waals surface area (Å²) >= 11 is 0. The van der Waals surface area contributed by atoms with Gasteiger partial charge in [-0.15, -0.1) is 0 Å². The molecular weight excluding hydrogens is 306 g/mol. The molecule has 0 radical (unpaired) electrons. The van der Waals surface area contributed by atoms with Crippen molar-refractivity contribution in [1.82, 2.24) is 5.32 Å². The maximum atomic E-state index is 12.0. The Morgan fingerprint density at radius 3 is 2.58 bits per heavy atom. The van der Waals surface area contributed by atoms with Crippen LogP contribution in [0.3, 0.4) is 0 Å². The minimum Gasteiger partial charge on any atom is -0.376 e. The van der Waals surface area contributed by atoms with Gasteiger partial charge in [-0.25, -0.2) is 0 Å². The SMILES string of the molecule is CCN(CC)c1ccc(NC(=O)C(=O)NCC2CCCO2)c(C)c1. The summed E-state index contributed by atoms with van der Waals surface area (Å²) in [5.74, 6) is -1.27. The average Bonchev–Trinajstić information content (AvgIpc) is 3.09. The summed E-state index contributed by atoms with van der Waals surface area (Å²) in [5, 5.41) is 5.30. The van der Waals surface area contributed by atoms with Crippen LogP contribution in [0.1, 0.15) is 32.3 Å². The summed E-state index contributed by atoms with van der Waals surface area (Å²) in [7, 11) is 0. The molecule has 24 heavy (non-hydrogen) atoms. The van der Waals surface area contributed by atoms with Crippen LogP contribution in [-0.4, -0.2) is 44.2 Å². The third-order valence-corrected chi connectivity index (χ3v) is 4.31. The zero-order valence-electron chi connectivity index (χ0n) is 14.7. The fourth-order valence-electron chi connectivity index (χ4n) is 2.84. The fourth-order valence-corrected chi connectivity index (χ4v) is 2.84. The summed E-state index contributed by atoms with van der Waals surface area (Å²) in [6.45, 7) is 9.09. The third kappa shape index (κ3) is 4.71. The van der Waals surface area contributed by atoms with E-state index in [-0.39, 0.29) is 6.10 Å². The van der Waals surface area contributed by atoms with Crippen molar-refractivity contribution in [3.05, 3.63) is 23.8 Å². The van der Waals surface area contributed by atoms with Crippen LogP contribution < -0.4 is 15.5 Å². The van der Waals surface area contributed by atoms with Gasteiger partial charge in [-0.1, -0.05) is 0 Å². The molecule has 0 aromatic heterocycles. The molecular formula is C18H27N3O3. The smallest absolute Gasteiger partial charge is 0.313 e. The molecule has 1 aliphatic rings. The van der Waals surface area contributed by atoms with Gasteiger partial charge in [0.05, 0.1) is 6.10 Å². The number of aryl methyl sites for hydroxylation is 1. The van der Waals surface area contributed by atoms with E-state index < -0.39 is 11.8 Å². The molecule has 1 atom stereocenters. The van der Waals surface area contributed by atoms with E-state index in [0.717, 1.165) is 43.8 Å². The van der Waals surface area contributed by atoms with Gasteiger partial charge in [-0.3, -0.25) is 9.59 Å². The lowest BCUT2D eigenvalue weighted by molar-refractivity contribution is -0.136. The number of anilines is 2. The second-order valence-electron chi connectivity index (χ2n) is 5.97. The summed E-state index contributed by atoms with van der Waals surface area (Å²) in [4.78, 5) is 26.2. The van der Waals surface area contributed by atoms with Crippen molar-refractivity contribution >= 4 is 23.2 Å². The molecule has 1 aromatic carbocycles. The van der Waals surface area contributed by atoms with E-state index in [9.17, 15) is 9.59 Å². The number of ether oxygens (including phenoxy) is 1. The minimum absolute atomic E-state index is 0.0249. The van der Waals surface area contributed by atoms with Crippen molar-refractivity contribution in [1.29, 1.82) is 0 Å². The zero-order chi connectivity index (χ0) is 17.5. The van der Waals surface area contributed by atoms with Gasteiger partial charge < -0.3 is 20.3 Å². The maximum Gasteiger partial charge on any atom is 0.313 e. The molecule has 1 saturated heterocycles. The molecule has 6 nitrogen and oxygen atoms in total. The van der Waals surface area contributed by atoms with Crippen LogP contribution in [0, 0.1) is 6.92 Å². The molecule has 1 aromatic rings. The number of nitrogens with zero attached hydrogens (tertiary/aromatic N) is 1. The van der Waals surface area contributed by atoms with E-state index in [0.29, 0.717) is 12.2 Å². The molecule has 0 bridgehead atoms. The van der Waals surface area contributed by atoms with Gasteiger partial charge in [0.15, 0.2) is 0 Å². The first-order chi connectivity index (χ1) is 11.5. The predicted octanol–water partition coefficient (Wildman–Crippen LogP) is 2.07. The Kier molecular flexibility index (Phi) is 6.61. The molecule has 1 unspecified atom stereocenters. The highest BCUT2D eigenvalue weighted by Crippen LogP contribution is 2.22. The maximum absolute atomic E-state index is 12.0. The quantitative estimate of drug-likeness (QED) is 0.782. The molecule has 0 aliphatic carbocycles. The van der Waals surface area contributed by atoms with Gasteiger partial charge in [0.25, 0.3) is 0 Å². The van der Waals surface area contributed by atoms with Crippen molar-refractivity contribution in [2.75, 3.05) is 36.5 Å². The summed E-state index contributed by atoms with van der Waals surface area (Å²) in [6, 6.07) is 5.82. The largest absolute Gasteiger partial charge is 0.376 e. The zero-order valence-corrected chi connectivity index (χ0v) is 14.7. The lowest BCUT2D eigenvalue weighted by Crippen LogP contribution is -2.39. The Bertz CT molecular complexity index is 579. The van der Waals surface area contributed by atoms with E-state index in [1.165, 1.54) is 0 Å². The third-order valence-electron chi connectivity index (χ3n) is 4.31. The molecule has 0 saturated carbocycles. The van der Waals surface area contributed by atoms with Gasteiger partial charge in [-0.2, -0.15) is 0 Å². The lowest BCUT2D eigenvalue weighted by atomic mass is 10.1. The van der Waals surface area contributed by atoms with Crippen LogP contribution in [-0.2, 0) is 14.3 Å². The number of carbonyl (C=O) groups is 2. The van der Waals surface area contributed by atoms with Gasteiger partial charge in [-0.05, 0) is 57.4 Å². The summed E-state index contributed by atoms with van der Waals surface area (Å²) < 4.78 is 5.43. The van der Waals surface area contributed by atoms with Gasteiger partial charge in [0.2, 0.25) is 0 Å². The van der Waals surface area contributed by atoms with Crippen molar-refractivity contribution in [2.45, 2.75) is 39.7 Å². The van der Waals surface area contributed by atoms with Crippen LogP contribution in [0.2, 0.25) is 0 Å². The fraction of sp³-hybridized carbons (Fsp3) is 0.556. The van der Waals surface area contributed by atoms with E-state index in [4.69, 9.17) is 4.74 Å². The Hall–Kier alpha value is -2.08. The van der Waals surface area contributed by atoms with Crippen LogP contribution >= 0.6 is 0 Å². The molecule has 2 amide bonds. The Morgan fingerprint density at radius 1 is 1.25 bits per heavy atom. The highest BCUT2D eigenvalue weighted by Gasteiger charge is 2.19. The number of benzene rings is 1. The molecule has 1 aliphatic heterocycles. The van der Waals surface area contributed by atoms with Crippen LogP contribution in [0.5, 0.6) is 0 Å². The normalized spacial score (nSPS) is 16.7. The minimum atomic E-state index is -0.647. The summed E-state index contributed by atoms with van der Waals surface area (Å²) in [5.41, 5.74) is 2.70. The number of carbonyl (C=O) groups excluding carboxylic acids is 2. The molecule has 1 heterocycles. The number of rotatable bonds is 6. The molecule has 1 fully saturated rings. The second kappa shape index (κ2) is 8.68. The average molecular weight is 333 g/mol. The molecule has 6 heteroatoms. The standard InChI is InChI=1S/C18H27N3O3/c1-4-21(5-2)14-8-9-16(13(3)11-14)20-18(23)17(22)19-12-15-7-6-10-24-15/h8-9,11,15H,4-7,10,12H2,1-3H3,(H,19,22)(H,20,23). The lowest BCUT2D eigenvalue weighted by Gasteiger charge is -2.22. The van der Waals surface area contributed by atoms with E-state index >= 15 is 0 Å². The highest BCUT2D eigenvalue weighted by molar-refractivity contribution is 6.39. The molecule has 2 rings (SSSR count). The first-order valence-corrected chi connectivity index (χ1v) is 8.61. The van der Waals surface area contributed by atoms with Crippen LogP contribution in [0.15, 0.2) is 18.2 Å². The van der Waals surface area contributed by atoms with E-state index in [1.54, 1.807) is 0 Å². The topological polar surface area (TPSA) is 70.7 Å².